The highest BCUT2D eigenvalue weighted by molar-refractivity contribution is 7.14. The first-order chi connectivity index (χ1) is 15.0. The largest absolute Gasteiger partial charge is 0.298 e. The third kappa shape index (κ3) is 4.60. The number of carbonyl (C=O) groups is 3. The molecule has 0 aliphatic carbocycles. The minimum atomic E-state index is -0.623. The van der Waals surface area contributed by atoms with Crippen LogP contribution in [0.1, 0.15) is 31.1 Å². The van der Waals surface area contributed by atoms with E-state index >= 15 is 0 Å². The van der Waals surface area contributed by atoms with Crippen molar-refractivity contribution in [3.05, 3.63) is 106 Å². The van der Waals surface area contributed by atoms with Crippen LogP contribution in [0.15, 0.2) is 84.2 Å². The maximum atomic E-state index is 12.5. The number of thiazole rings is 1. The van der Waals surface area contributed by atoms with Crippen molar-refractivity contribution >= 4 is 45.5 Å². The van der Waals surface area contributed by atoms with Gasteiger partial charge in [0.15, 0.2) is 5.13 Å². The molecule has 1 N–H and O–H groups in total. The van der Waals surface area contributed by atoms with Crippen LogP contribution in [0.3, 0.4) is 0 Å². The molecule has 1 amide bonds. The number of nitrogens with one attached hydrogen (secondary N) is 1. The second kappa shape index (κ2) is 9.04. The van der Waals surface area contributed by atoms with Crippen molar-refractivity contribution in [2.45, 2.75) is 0 Å². The fourth-order valence-electron chi connectivity index (χ4n) is 2.92. The lowest BCUT2D eigenvalue weighted by molar-refractivity contribution is 0.0817. The molecule has 7 heteroatoms. The van der Waals surface area contributed by atoms with Gasteiger partial charge >= 0.3 is 0 Å². The summed E-state index contributed by atoms with van der Waals surface area (Å²) < 4.78 is 0. The number of benzene rings is 3. The number of hydrogen-bond donors (Lipinski definition) is 1. The zero-order valence-electron chi connectivity index (χ0n) is 16.0. The minimum Gasteiger partial charge on any atom is -0.298 e. The van der Waals surface area contributed by atoms with Crippen molar-refractivity contribution < 1.29 is 14.4 Å². The Morgan fingerprint density at radius 1 is 0.742 bits per heavy atom. The first-order valence-corrected chi connectivity index (χ1v) is 10.5. The molecule has 4 aromatic rings. The molecule has 0 radical (unpaired) electrons. The fraction of sp³-hybridized carbons (Fsp3) is 0. The molecule has 3 aromatic carbocycles. The Hall–Kier alpha value is -3.61. The molecule has 4 rings (SSSR count). The highest BCUT2D eigenvalue weighted by Gasteiger charge is 2.19. The molecule has 5 nitrogen and oxygen atoms in total. The SMILES string of the molecule is O=C(Nc1nc(-c2ccccc2Cl)cs1)c1ccc(C(=O)C(=O)c2ccccc2)cc1. The summed E-state index contributed by atoms with van der Waals surface area (Å²) in [6, 6.07) is 21.6. The van der Waals surface area contributed by atoms with E-state index in [1.807, 2.05) is 23.6 Å². The Labute approximate surface area is 187 Å². The highest BCUT2D eigenvalue weighted by atomic mass is 35.5. The molecular weight excluding hydrogens is 432 g/mol. The van der Waals surface area contributed by atoms with Crippen molar-refractivity contribution in [2.75, 3.05) is 5.32 Å². The van der Waals surface area contributed by atoms with Crippen LogP contribution in [-0.4, -0.2) is 22.5 Å². The van der Waals surface area contributed by atoms with Crippen LogP contribution in [0.2, 0.25) is 5.02 Å². The fourth-order valence-corrected chi connectivity index (χ4v) is 3.86. The summed E-state index contributed by atoms with van der Waals surface area (Å²) in [6.07, 6.45) is 0. The van der Waals surface area contributed by atoms with E-state index in [4.69, 9.17) is 11.6 Å². The first kappa shape index (κ1) is 20.7. The second-order valence-corrected chi connectivity index (χ2v) is 7.84. The molecule has 31 heavy (non-hydrogen) atoms. The van der Waals surface area contributed by atoms with Gasteiger partial charge < -0.3 is 0 Å². The van der Waals surface area contributed by atoms with Crippen LogP contribution in [-0.2, 0) is 0 Å². The van der Waals surface area contributed by atoms with E-state index in [0.717, 1.165) is 5.56 Å². The molecule has 0 fully saturated rings. The van der Waals surface area contributed by atoms with Crippen LogP contribution in [0.5, 0.6) is 0 Å². The molecule has 0 bridgehead atoms. The van der Waals surface area contributed by atoms with Gasteiger partial charge in [-0.3, -0.25) is 19.7 Å². The van der Waals surface area contributed by atoms with Gasteiger partial charge in [-0.1, -0.05) is 72.3 Å². The number of anilines is 1. The van der Waals surface area contributed by atoms with Gasteiger partial charge in [0.2, 0.25) is 11.6 Å². The van der Waals surface area contributed by atoms with Gasteiger partial charge in [0.05, 0.1) is 5.69 Å². The number of halogens is 1. The average molecular weight is 447 g/mol. The topological polar surface area (TPSA) is 76.1 Å². The van der Waals surface area contributed by atoms with Gasteiger partial charge in [0.25, 0.3) is 5.91 Å². The summed E-state index contributed by atoms with van der Waals surface area (Å²) >= 11 is 7.48. The zero-order valence-corrected chi connectivity index (χ0v) is 17.6. The Morgan fingerprint density at radius 2 is 1.32 bits per heavy atom. The second-order valence-electron chi connectivity index (χ2n) is 6.57. The molecule has 0 aliphatic heterocycles. The maximum Gasteiger partial charge on any atom is 0.257 e. The predicted molar refractivity (Wildman–Crippen MR) is 122 cm³/mol. The predicted octanol–water partition coefficient (Wildman–Crippen LogP) is 5.78. The zero-order chi connectivity index (χ0) is 21.8. The third-order valence-electron chi connectivity index (χ3n) is 4.53. The van der Waals surface area contributed by atoms with Crippen molar-refractivity contribution in [1.29, 1.82) is 0 Å². The molecular formula is C24H15ClN2O3S. The highest BCUT2D eigenvalue weighted by Crippen LogP contribution is 2.30. The van der Waals surface area contributed by atoms with E-state index in [2.05, 4.69) is 10.3 Å². The molecule has 0 saturated heterocycles. The summed E-state index contributed by atoms with van der Waals surface area (Å²) in [4.78, 5) is 41.7. The van der Waals surface area contributed by atoms with Crippen LogP contribution in [0.25, 0.3) is 11.3 Å². The quantitative estimate of drug-likeness (QED) is 0.301. The number of Topliss-reactive ketones (excluding diaryl/α,β-unsaturated/α-hetero) is 2. The Balaban J connectivity index is 1.45. The van der Waals surface area contributed by atoms with Crippen molar-refractivity contribution in [1.82, 2.24) is 4.98 Å². The molecule has 1 aromatic heterocycles. The Morgan fingerprint density at radius 3 is 2.00 bits per heavy atom. The number of aromatic nitrogens is 1. The number of carbonyl (C=O) groups excluding carboxylic acids is 3. The monoisotopic (exact) mass is 446 g/mol. The van der Waals surface area contributed by atoms with Crippen LogP contribution < -0.4 is 5.32 Å². The Kier molecular flexibility index (Phi) is 6.02. The third-order valence-corrected chi connectivity index (χ3v) is 5.61. The van der Waals surface area contributed by atoms with E-state index in [-0.39, 0.29) is 11.5 Å². The van der Waals surface area contributed by atoms with Gasteiger partial charge in [-0.05, 0) is 18.2 Å². The van der Waals surface area contributed by atoms with E-state index in [1.165, 1.54) is 35.6 Å². The van der Waals surface area contributed by atoms with Crippen molar-refractivity contribution in [2.24, 2.45) is 0 Å². The van der Waals surface area contributed by atoms with Crippen molar-refractivity contribution in [3.8, 4) is 11.3 Å². The molecule has 0 saturated carbocycles. The molecule has 0 aliphatic rings. The number of nitrogens with zero attached hydrogens (tertiary/aromatic N) is 1. The van der Waals surface area contributed by atoms with Gasteiger partial charge in [0, 0.05) is 32.7 Å². The standard InChI is InChI=1S/C24H15ClN2O3S/c25-19-9-5-4-8-18(19)20-14-31-24(26-20)27-23(30)17-12-10-16(11-13-17)22(29)21(28)15-6-2-1-3-7-15/h1-14H,(H,26,27,30). The molecule has 152 valence electrons. The summed E-state index contributed by atoms with van der Waals surface area (Å²) in [7, 11) is 0. The van der Waals surface area contributed by atoms with Crippen molar-refractivity contribution in [3.63, 3.8) is 0 Å². The normalized spacial score (nSPS) is 10.5. The average Bonchev–Trinajstić information content (AvgIpc) is 3.27. The summed E-state index contributed by atoms with van der Waals surface area (Å²) in [6.45, 7) is 0. The lowest BCUT2D eigenvalue weighted by Gasteiger charge is -2.04. The van der Waals surface area contributed by atoms with Crippen LogP contribution in [0, 0.1) is 0 Å². The lowest BCUT2D eigenvalue weighted by atomic mass is 10.0. The van der Waals surface area contributed by atoms with E-state index in [0.29, 0.717) is 27.0 Å². The molecule has 0 atom stereocenters. The first-order valence-electron chi connectivity index (χ1n) is 9.29. The number of amides is 1. The summed E-state index contributed by atoms with van der Waals surface area (Å²) in [5.74, 6) is -1.58. The van der Waals surface area contributed by atoms with Gasteiger partial charge in [-0.2, -0.15) is 0 Å². The van der Waals surface area contributed by atoms with E-state index in [9.17, 15) is 14.4 Å². The molecule has 0 unspecified atom stereocenters. The number of rotatable bonds is 6. The molecule has 1 heterocycles. The van der Waals surface area contributed by atoms with E-state index in [1.54, 1.807) is 36.4 Å². The van der Waals surface area contributed by atoms with E-state index < -0.39 is 11.6 Å². The number of ketones is 2. The van der Waals surface area contributed by atoms with Crippen LogP contribution >= 0.6 is 22.9 Å². The minimum absolute atomic E-state index is 0.223. The summed E-state index contributed by atoms with van der Waals surface area (Å²) in [5, 5.41) is 5.56. The summed E-state index contributed by atoms with van der Waals surface area (Å²) in [5.41, 5.74) is 2.35. The molecule has 0 spiro atoms. The van der Waals surface area contributed by atoms with Crippen LogP contribution in [0.4, 0.5) is 5.13 Å². The van der Waals surface area contributed by atoms with Gasteiger partial charge in [0.1, 0.15) is 0 Å². The Bertz CT molecular complexity index is 1270. The lowest BCUT2D eigenvalue weighted by Crippen LogP contribution is -2.15. The van der Waals surface area contributed by atoms with Gasteiger partial charge in [-0.25, -0.2) is 4.98 Å². The van der Waals surface area contributed by atoms with Gasteiger partial charge in [-0.15, -0.1) is 11.3 Å². The number of hydrogen-bond acceptors (Lipinski definition) is 5. The maximum absolute atomic E-state index is 12.5. The smallest absolute Gasteiger partial charge is 0.257 e.